The molecule has 1 aromatic rings. The summed E-state index contributed by atoms with van der Waals surface area (Å²) in [5.74, 6) is -0.318. The molecule has 1 aliphatic rings. The van der Waals surface area contributed by atoms with Crippen molar-refractivity contribution in [3.8, 4) is 0 Å². The maximum atomic E-state index is 12.3. The molecule has 16 heavy (non-hydrogen) atoms. The molecule has 0 aromatic carbocycles. The molecule has 0 bridgehead atoms. The van der Waals surface area contributed by atoms with Crippen LogP contribution in [0.3, 0.4) is 0 Å². The van der Waals surface area contributed by atoms with Crippen molar-refractivity contribution in [2.75, 3.05) is 6.54 Å². The van der Waals surface area contributed by atoms with Crippen molar-refractivity contribution in [1.29, 1.82) is 0 Å². The third kappa shape index (κ3) is 1.63. The minimum Gasteiger partial charge on any atom is -0.456 e. The zero-order chi connectivity index (χ0) is 12.1. The van der Waals surface area contributed by atoms with E-state index < -0.39 is 11.9 Å². The van der Waals surface area contributed by atoms with Gasteiger partial charge in [0, 0.05) is 5.92 Å². The van der Waals surface area contributed by atoms with E-state index in [4.69, 9.17) is 10.2 Å². The van der Waals surface area contributed by atoms with Crippen LogP contribution in [0.15, 0.2) is 16.5 Å². The summed E-state index contributed by atoms with van der Waals surface area (Å²) < 4.78 is 41.9. The first kappa shape index (κ1) is 11.5. The van der Waals surface area contributed by atoms with Crippen molar-refractivity contribution >= 4 is 0 Å². The SMILES string of the molecule is CC1(C)[C@H](CN)[C@H]1c1ccc(C(F)(F)F)o1. The molecule has 5 heteroatoms. The Balaban J connectivity index is 2.22. The van der Waals surface area contributed by atoms with Crippen LogP contribution in [0.4, 0.5) is 13.2 Å². The predicted molar refractivity (Wildman–Crippen MR) is 52.8 cm³/mol. The highest BCUT2D eigenvalue weighted by atomic mass is 19.4. The first-order valence-electron chi connectivity index (χ1n) is 5.15. The second kappa shape index (κ2) is 3.26. The monoisotopic (exact) mass is 233 g/mol. The van der Waals surface area contributed by atoms with E-state index in [9.17, 15) is 13.2 Å². The Labute approximate surface area is 91.6 Å². The highest BCUT2D eigenvalue weighted by Crippen LogP contribution is 2.64. The number of hydrogen-bond acceptors (Lipinski definition) is 2. The number of nitrogens with two attached hydrogens (primary N) is 1. The summed E-state index contributed by atoms with van der Waals surface area (Å²) >= 11 is 0. The molecule has 2 N–H and O–H groups in total. The lowest BCUT2D eigenvalue weighted by atomic mass is 10.1. The van der Waals surface area contributed by atoms with E-state index in [1.165, 1.54) is 6.07 Å². The number of alkyl halides is 3. The molecule has 0 spiro atoms. The zero-order valence-corrected chi connectivity index (χ0v) is 9.14. The highest BCUT2D eigenvalue weighted by Gasteiger charge is 2.59. The fourth-order valence-corrected chi connectivity index (χ4v) is 2.42. The third-order valence-electron chi connectivity index (χ3n) is 3.52. The van der Waals surface area contributed by atoms with Crippen LogP contribution in [0, 0.1) is 11.3 Å². The normalized spacial score (nSPS) is 28.1. The molecule has 1 saturated carbocycles. The molecule has 2 rings (SSSR count). The Hall–Kier alpha value is -0.970. The summed E-state index contributed by atoms with van der Waals surface area (Å²) in [6.45, 7) is 4.45. The average Bonchev–Trinajstić information content (AvgIpc) is 2.57. The molecule has 2 nitrogen and oxygen atoms in total. The second-order valence-corrected chi connectivity index (χ2v) is 4.84. The van der Waals surface area contributed by atoms with Gasteiger partial charge in [0.1, 0.15) is 5.76 Å². The summed E-state index contributed by atoms with van der Waals surface area (Å²) in [6.07, 6.45) is -4.41. The van der Waals surface area contributed by atoms with Crippen molar-refractivity contribution in [2.24, 2.45) is 17.1 Å². The van der Waals surface area contributed by atoms with Gasteiger partial charge >= 0.3 is 6.18 Å². The Kier molecular flexibility index (Phi) is 2.35. The predicted octanol–water partition coefficient (Wildman–Crippen LogP) is 3.00. The van der Waals surface area contributed by atoms with Gasteiger partial charge < -0.3 is 10.2 Å². The number of halogens is 3. The highest BCUT2D eigenvalue weighted by molar-refractivity contribution is 5.26. The second-order valence-electron chi connectivity index (χ2n) is 4.84. The van der Waals surface area contributed by atoms with E-state index in [0.717, 1.165) is 6.07 Å². The summed E-state index contributed by atoms with van der Waals surface area (Å²) in [5.41, 5.74) is 5.51. The topological polar surface area (TPSA) is 39.2 Å². The van der Waals surface area contributed by atoms with Crippen LogP contribution in [-0.2, 0) is 6.18 Å². The molecule has 0 aliphatic heterocycles. The molecule has 1 aliphatic carbocycles. The van der Waals surface area contributed by atoms with E-state index in [2.05, 4.69) is 0 Å². The van der Waals surface area contributed by atoms with Crippen molar-refractivity contribution in [3.05, 3.63) is 23.7 Å². The molecule has 1 heterocycles. The third-order valence-corrected chi connectivity index (χ3v) is 3.52. The van der Waals surface area contributed by atoms with Gasteiger partial charge in [0.2, 0.25) is 5.76 Å². The molecule has 2 atom stereocenters. The van der Waals surface area contributed by atoms with Crippen molar-refractivity contribution in [1.82, 2.24) is 0 Å². The summed E-state index contributed by atoms with van der Waals surface area (Å²) in [4.78, 5) is 0. The van der Waals surface area contributed by atoms with Crippen LogP contribution in [0.25, 0.3) is 0 Å². The fraction of sp³-hybridized carbons (Fsp3) is 0.636. The largest absolute Gasteiger partial charge is 0.456 e. The first-order chi connectivity index (χ1) is 7.28. The summed E-state index contributed by atoms with van der Waals surface area (Å²) in [7, 11) is 0. The van der Waals surface area contributed by atoms with Crippen LogP contribution in [0.5, 0.6) is 0 Å². The molecule has 0 saturated heterocycles. The quantitative estimate of drug-likeness (QED) is 0.852. The van der Waals surface area contributed by atoms with E-state index >= 15 is 0 Å². The zero-order valence-electron chi connectivity index (χ0n) is 9.14. The number of furan rings is 1. The van der Waals surface area contributed by atoms with Gasteiger partial charge in [-0.3, -0.25) is 0 Å². The lowest BCUT2D eigenvalue weighted by molar-refractivity contribution is -0.153. The molecule has 0 amide bonds. The van der Waals surface area contributed by atoms with Gasteiger partial charge in [-0.25, -0.2) is 0 Å². The van der Waals surface area contributed by atoms with E-state index in [-0.39, 0.29) is 17.3 Å². The standard InChI is InChI=1S/C11H14F3NO/c1-10(2)6(5-15)9(10)7-3-4-8(16-7)11(12,13)14/h3-4,6,9H,5,15H2,1-2H3/t6-,9+/m1/s1. The van der Waals surface area contributed by atoms with Crippen LogP contribution in [0.2, 0.25) is 0 Å². The van der Waals surface area contributed by atoms with Crippen molar-refractivity contribution in [2.45, 2.75) is 25.9 Å². The molecule has 1 aromatic heterocycles. The average molecular weight is 233 g/mol. The van der Waals surface area contributed by atoms with E-state index in [1.807, 2.05) is 13.8 Å². The Morgan fingerprint density at radius 1 is 1.38 bits per heavy atom. The van der Waals surface area contributed by atoms with Crippen LogP contribution >= 0.6 is 0 Å². The van der Waals surface area contributed by atoms with E-state index in [0.29, 0.717) is 12.3 Å². The Morgan fingerprint density at radius 2 is 2.00 bits per heavy atom. The van der Waals surface area contributed by atoms with Gasteiger partial charge in [-0.15, -0.1) is 0 Å². The minimum atomic E-state index is -4.41. The van der Waals surface area contributed by atoms with Crippen molar-refractivity contribution < 1.29 is 17.6 Å². The maximum absolute atomic E-state index is 12.3. The first-order valence-corrected chi connectivity index (χ1v) is 5.15. The van der Waals surface area contributed by atoms with Gasteiger partial charge in [-0.05, 0) is 30.0 Å². The molecule has 90 valence electrons. The van der Waals surface area contributed by atoms with Gasteiger partial charge in [0.15, 0.2) is 0 Å². The number of rotatable bonds is 2. The van der Waals surface area contributed by atoms with Gasteiger partial charge in [-0.2, -0.15) is 13.2 Å². The van der Waals surface area contributed by atoms with E-state index in [1.54, 1.807) is 0 Å². The van der Waals surface area contributed by atoms with Gasteiger partial charge in [0.25, 0.3) is 0 Å². The number of hydrogen-bond donors (Lipinski definition) is 1. The van der Waals surface area contributed by atoms with Gasteiger partial charge in [-0.1, -0.05) is 13.8 Å². The van der Waals surface area contributed by atoms with Crippen LogP contribution < -0.4 is 5.73 Å². The Bertz CT molecular complexity index is 394. The summed E-state index contributed by atoms with van der Waals surface area (Å²) in [5, 5.41) is 0. The van der Waals surface area contributed by atoms with Crippen LogP contribution in [0.1, 0.15) is 31.3 Å². The maximum Gasteiger partial charge on any atom is 0.449 e. The smallest absolute Gasteiger partial charge is 0.449 e. The lowest BCUT2D eigenvalue weighted by Crippen LogP contribution is -2.05. The molecule has 0 unspecified atom stereocenters. The fourth-order valence-electron chi connectivity index (χ4n) is 2.42. The minimum absolute atomic E-state index is 0.00796. The molecular weight excluding hydrogens is 219 g/mol. The lowest BCUT2D eigenvalue weighted by Gasteiger charge is -2.02. The summed E-state index contributed by atoms with van der Waals surface area (Å²) in [6, 6.07) is 2.39. The van der Waals surface area contributed by atoms with Crippen LogP contribution in [-0.4, -0.2) is 6.54 Å². The van der Waals surface area contributed by atoms with Gasteiger partial charge in [0.05, 0.1) is 0 Å². The Morgan fingerprint density at radius 3 is 2.38 bits per heavy atom. The molecular formula is C11H14F3NO. The molecule has 0 radical (unpaired) electrons. The van der Waals surface area contributed by atoms with Crippen molar-refractivity contribution in [3.63, 3.8) is 0 Å². The molecule has 1 fully saturated rings.